The van der Waals surface area contributed by atoms with Crippen molar-refractivity contribution < 1.29 is 14.4 Å². The van der Waals surface area contributed by atoms with E-state index in [1.807, 2.05) is 78.9 Å². The Morgan fingerprint density at radius 2 is 1.40 bits per heavy atom. The number of hydrogen-bond donors (Lipinski definition) is 3. The molecule has 53 heavy (non-hydrogen) atoms. The highest BCUT2D eigenvalue weighted by Gasteiger charge is 2.23. The van der Waals surface area contributed by atoms with Crippen molar-refractivity contribution in [3.63, 3.8) is 0 Å². The van der Waals surface area contributed by atoms with Crippen LogP contribution in [0.5, 0.6) is 0 Å². The first-order chi connectivity index (χ1) is 25.9. The van der Waals surface area contributed by atoms with E-state index in [0.717, 1.165) is 38.8 Å². The predicted octanol–water partition coefficient (Wildman–Crippen LogP) is 10.3. The van der Waals surface area contributed by atoms with E-state index in [9.17, 15) is 14.4 Å². The fourth-order valence-corrected chi connectivity index (χ4v) is 7.55. The highest BCUT2D eigenvalue weighted by molar-refractivity contribution is 8.00. The molecule has 7 rings (SSSR count). The number of carbonyl (C=O) groups excluding carboxylic acids is 3. The Labute approximate surface area is 316 Å². The highest BCUT2D eigenvalue weighted by Crippen LogP contribution is 2.38. The number of para-hydroxylation sites is 1. The second-order valence-corrected chi connectivity index (χ2v) is 13.9. The van der Waals surface area contributed by atoms with Crippen molar-refractivity contribution >= 4 is 80.3 Å². The Kier molecular flexibility index (Phi) is 10.7. The van der Waals surface area contributed by atoms with Gasteiger partial charge in [-0.25, -0.2) is 0 Å². The fraction of sp³-hybridized carbons (Fsp3) is 0.0682. The van der Waals surface area contributed by atoms with E-state index in [1.165, 1.54) is 11.8 Å². The van der Waals surface area contributed by atoms with E-state index in [1.54, 1.807) is 60.7 Å². The Morgan fingerprint density at radius 3 is 2.17 bits per heavy atom. The maximum absolute atomic E-state index is 14.1. The number of aromatic nitrogens is 1. The summed E-state index contributed by atoms with van der Waals surface area (Å²) in [6, 6.07) is 46.9. The number of rotatable bonds is 11. The molecule has 9 heteroatoms. The first-order valence-corrected chi connectivity index (χ1v) is 18.4. The standard InChI is InChI=1S/C44H35ClN4O3S/c1-2-49-39-22-10-9-21-36(39)37-28-34(23-24-40(37)49)47-44(52)41(30-14-5-3-6-15-30)53-35-20-12-19-33(27-35)46-43(51)38(26-29-13-11-18-32(45)25-29)48-42(50)31-16-7-4-8-17-31/h3-28,41H,2H2,1H3,(H,46,51)(H,47,52)(H,48,50)/b38-26-. The fourth-order valence-electron chi connectivity index (χ4n) is 6.27. The van der Waals surface area contributed by atoms with Crippen LogP contribution in [0.2, 0.25) is 5.02 Å². The minimum atomic E-state index is -0.599. The number of amides is 3. The zero-order valence-electron chi connectivity index (χ0n) is 28.8. The molecule has 0 bridgehead atoms. The lowest BCUT2D eigenvalue weighted by molar-refractivity contribution is -0.116. The number of carbonyl (C=O) groups is 3. The number of benzene rings is 6. The quantitative estimate of drug-likeness (QED) is 0.0911. The SMILES string of the molecule is CCn1c2ccccc2c2cc(NC(=O)C(Sc3cccc(NC(=O)/C(=C/c4cccc(Cl)c4)NC(=O)c4ccccc4)c3)c3ccccc3)ccc21. The van der Waals surface area contributed by atoms with E-state index >= 15 is 0 Å². The van der Waals surface area contributed by atoms with Crippen LogP contribution >= 0.6 is 23.4 Å². The van der Waals surface area contributed by atoms with Crippen molar-refractivity contribution in [3.8, 4) is 0 Å². The second-order valence-electron chi connectivity index (χ2n) is 12.3. The summed E-state index contributed by atoms with van der Waals surface area (Å²) in [5.41, 5.74) is 5.41. The van der Waals surface area contributed by atoms with Gasteiger partial charge >= 0.3 is 0 Å². The van der Waals surface area contributed by atoms with Crippen molar-refractivity contribution in [3.05, 3.63) is 179 Å². The normalized spacial score (nSPS) is 12.0. The summed E-state index contributed by atoms with van der Waals surface area (Å²) in [6.45, 7) is 2.97. The zero-order valence-corrected chi connectivity index (χ0v) is 30.3. The summed E-state index contributed by atoms with van der Waals surface area (Å²) in [5, 5.41) is 11.0. The molecule has 0 aliphatic rings. The van der Waals surface area contributed by atoms with E-state index in [-0.39, 0.29) is 11.6 Å². The minimum absolute atomic E-state index is 0.0414. The molecule has 0 aliphatic carbocycles. The molecule has 0 radical (unpaired) electrons. The third kappa shape index (κ3) is 8.20. The molecule has 0 fully saturated rings. The van der Waals surface area contributed by atoms with Gasteiger partial charge in [-0.15, -0.1) is 11.8 Å². The van der Waals surface area contributed by atoms with Crippen molar-refractivity contribution in [1.29, 1.82) is 0 Å². The summed E-state index contributed by atoms with van der Waals surface area (Å²) in [5.74, 6) is -1.12. The first kappa shape index (κ1) is 35.3. The van der Waals surface area contributed by atoms with Crippen molar-refractivity contribution in [2.75, 3.05) is 10.6 Å². The maximum atomic E-state index is 14.1. The predicted molar refractivity (Wildman–Crippen MR) is 217 cm³/mol. The molecule has 0 saturated heterocycles. The average Bonchev–Trinajstić information content (AvgIpc) is 3.50. The number of aryl methyl sites for hydroxylation is 1. The number of anilines is 2. The van der Waals surface area contributed by atoms with Gasteiger partial charge in [0.25, 0.3) is 11.8 Å². The topological polar surface area (TPSA) is 92.2 Å². The number of halogens is 1. The van der Waals surface area contributed by atoms with Crippen LogP contribution in [0.3, 0.4) is 0 Å². The largest absolute Gasteiger partial charge is 0.341 e. The Bertz CT molecular complexity index is 2480. The molecule has 7 nitrogen and oxygen atoms in total. The number of nitrogens with zero attached hydrogens (tertiary/aromatic N) is 1. The summed E-state index contributed by atoms with van der Waals surface area (Å²) < 4.78 is 2.28. The molecule has 7 aromatic rings. The lowest BCUT2D eigenvalue weighted by Crippen LogP contribution is -2.30. The van der Waals surface area contributed by atoms with Crippen LogP contribution in [0.15, 0.2) is 162 Å². The third-order valence-corrected chi connectivity index (χ3v) is 10.2. The van der Waals surface area contributed by atoms with Crippen LogP contribution in [0, 0.1) is 0 Å². The van der Waals surface area contributed by atoms with Gasteiger partial charge < -0.3 is 20.5 Å². The van der Waals surface area contributed by atoms with Crippen LogP contribution in [0.4, 0.5) is 11.4 Å². The van der Waals surface area contributed by atoms with E-state index in [2.05, 4.69) is 45.6 Å². The molecule has 262 valence electrons. The lowest BCUT2D eigenvalue weighted by atomic mass is 10.1. The molecule has 0 saturated carbocycles. The molecular weight excluding hydrogens is 700 g/mol. The molecule has 6 aromatic carbocycles. The number of hydrogen-bond acceptors (Lipinski definition) is 4. The molecular formula is C44H35ClN4O3S. The van der Waals surface area contributed by atoms with Crippen LogP contribution < -0.4 is 16.0 Å². The van der Waals surface area contributed by atoms with Gasteiger partial charge in [-0.05, 0) is 90.9 Å². The maximum Gasteiger partial charge on any atom is 0.272 e. The highest BCUT2D eigenvalue weighted by atomic mass is 35.5. The van der Waals surface area contributed by atoms with Gasteiger partial charge in [0, 0.05) is 55.2 Å². The van der Waals surface area contributed by atoms with Gasteiger partial charge in [0.1, 0.15) is 10.9 Å². The summed E-state index contributed by atoms with van der Waals surface area (Å²) >= 11 is 7.59. The summed E-state index contributed by atoms with van der Waals surface area (Å²) in [4.78, 5) is 41.7. The zero-order chi connectivity index (χ0) is 36.7. The Balaban J connectivity index is 1.13. The Morgan fingerprint density at radius 1 is 0.698 bits per heavy atom. The van der Waals surface area contributed by atoms with Crippen molar-refractivity contribution in [2.24, 2.45) is 0 Å². The van der Waals surface area contributed by atoms with Gasteiger partial charge in [0.2, 0.25) is 5.91 Å². The molecule has 3 amide bonds. The van der Waals surface area contributed by atoms with Crippen LogP contribution in [-0.2, 0) is 16.1 Å². The minimum Gasteiger partial charge on any atom is -0.341 e. The first-order valence-electron chi connectivity index (χ1n) is 17.1. The van der Waals surface area contributed by atoms with Gasteiger partial charge in [0.05, 0.1) is 0 Å². The third-order valence-electron chi connectivity index (χ3n) is 8.73. The van der Waals surface area contributed by atoms with E-state index in [0.29, 0.717) is 27.5 Å². The van der Waals surface area contributed by atoms with Crippen LogP contribution in [-0.4, -0.2) is 22.3 Å². The van der Waals surface area contributed by atoms with Gasteiger partial charge in [-0.2, -0.15) is 0 Å². The van der Waals surface area contributed by atoms with Crippen molar-refractivity contribution in [2.45, 2.75) is 23.6 Å². The molecule has 0 spiro atoms. The van der Waals surface area contributed by atoms with Crippen LogP contribution in [0.25, 0.3) is 27.9 Å². The molecule has 0 aliphatic heterocycles. The van der Waals surface area contributed by atoms with E-state index in [4.69, 9.17) is 11.6 Å². The van der Waals surface area contributed by atoms with Gasteiger partial charge in [-0.1, -0.05) is 96.5 Å². The van der Waals surface area contributed by atoms with Crippen molar-refractivity contribution in [1.82, 2.24) is 9.88 Å². The molecule has 3 N–H and O–H groups in total. The lowest BCUT2D eigenvalue weighted by Gasteiger charge is -2.18. The summed E-state index contributed by atoms with van der Waals surface area (Å²) in [6.07, 6.45) is 1.58. The number of thioether (sulfide) groups is 1. The number of fused-ring (bicyclic) bond motifs is 3. The molecule has 1 unspecified atom stereocenters. The smallest absolute Gasteiger partial charge is 0.272 e. The molecule has 1 aromatic heterocycles. The van der Waals surface area contributed by atoms with E-state index < -0.39 is 17.1 Å². The van der Waals surface area contributed by atoms with Gasteiger partial charge in [0.15, 0.2) is 0 Å². The average molecular weight is 735 g/mol. The van der Waals surface area contributed by atoms with Crippen LogP contribution in [0.1, 0.15) is 33.7 Å². The summed E-state index contributed by atoms with van der Waals surface area (Å²) in [7, 11) is 0. The second kappa shape index (κ2) is 16.1. The molecule has 1 atom stereocenters. The number of nitrogens with one attached hydrogen (secondary N) is 3. The molecule has 1 heterocycles. The van der Waals surface area contributed by atoms with Gasteiger partial charge in [-0.3, -0.25) is 14.4 Å². The Hall–Kier alpha value is -6.09. The monoisotopic (exact) mass is 734 g/mol.